The Labute approximate surface area is 129 Å². The van der Waals surface area contributed by atoms with Crippen LogP contribution < -0.4 is 10.0 Å². The Morgan fingerprint density at radius 3 is 2.81 bits per heavy atom. The van der Waals surface area contributed by atoms with Gasteiger partial charge in [0.05, 0.1) is 7.11 Å². The first-order valence-corrected chi connectivity index (χ1v) is 7.84. The van der Waals surface area contributed by atoms with Crippen molar-refractivity contribution in [2.45, 2.75) is 30.9 Å². The quantitative estimate of drug-likeness (QED) is 0.789. The van der Waals surface area contributed by atoms with Gasteiger partial charge in [0.1, 0.15) is 11.3 Å². The van der Waals surface area contributed by atoms with Gasteiger partial charge < -0.3 is 14.5 Å². The molecule has 1 aromatic rings. The Hall–Kier alpha value is -1.09. The van der Waals surface area contributed by atoms with Gasteiger partial charge in [-0.25, -0.2) is 17.9 Å². The second-order valence-corrected chi connectivity index (χ2v) is 6.34. The van der Waals surface area contributed by atoms with Gasteiger partial charge >= 0.3 is 5.97 Å². The minimum Gasteiger partial charge on any atom is -0.465 e. The monoisotopic (exact) mass is 338 g/mol. The molecule has 0 aliphatic carbocycles. The smallest absolute Gasteiger partial charge is 0.341 e. The summed E-state index contributed by atoms with van der Waals surface area (Å²) >= 11 is 0. The Morgan fingerprint density at radius 2 is 2.24 bits per heavy atom. The number of hydrogen-bond donors (Lipinski definition) is 2. The van der Waals surface area contributed by atoms with E-state index in [0.717, 1.165) is 19.4 Å². The van der Waals surface area contributed by atoms with Crippen LogP contribution in [0.4, 0.5) is 0 Å². The van der Waals surface area contributed by atoms with Gasteiger partial charge in [0.25, 0.3) is 10.0 Å². The number of rotatable bonds is 4. The molecule has 2 rings (SSSR count). The normalized spacial score (nSPS) is 18.9. The summed E-state index contributed by atoms with van der Waals surface area (Å²) in [5.41, 5.74) is 0.120. The Kier molecular flexibility index (Phi) is 6.21. The number of hydrogen-bond acceptors (Lipinski definition) is 6. The average Bonchev–Trinajstić information content (AvgIpc) is 2.81. The van der Waals surface area contributed by atoms with Crippen molar-refractivity contribution in [2.24, 2.45) is 0 Å². The highest BCUT2D eigenvalue weighted by Crippen LogP contribution is 2.20. The van der Waals surface area contributed by atoms with Crippen LogP contribution in [0.3, 0.4) is 0 Å². The van der Waals surface area contributed by atoms with E-state index in [1.54, 1.807) is 0 Å². The lowest BCUT2D eigenvalue weighted by Gasteiger charge is -2.22. The summed E-state index contributed by atoms with van der Waals surface area (Å²) in [6.07, 6.45) is 1.69. The molecule has 1 atom stereocenters. The van der Waals surface area contributed by atoms with Gasteiger partial charge in [-0.1, -0.05) is 0 Å². The second-order valence-electron chi connectivity index (χ2n) is 4.69. The minimum atomic E-state index is -3.77. The molecule has 2 N–H and O–H groups in total. The van der Waals surface area contributed by atoms with Crippen molar-refractivity contribution in [3.63, 3.8) is 0 Å². The molecule has 120 valence electrons. The second kappa shape index (κ2) is 7.26. The molecular formula is C12H19ClN2O5S. The number of halogens is 1. The number of carbonyl (C=O) groups is 1. The topological polar surface area (TPSA) is 97.6 Å². The van der Waals surface area contributed by atoms with Crippen LogP contribution in [0, 0.1) is 6.92 Å². The molecule has 0 saturated carbocycles. The maximum atomic E-state index is 12.2. The summed E-state index contributed by atoms with van der Waals surface area (Å²) in [6.45, 7) is 3.00. The first-order chi connectivity index (χ1) is 9.44. The summed E-state index contributed by atoms with van der Waals surface area (Å²) < 4.78 is 36.7. The van der Waals surface area contributed by atoms with Gasteiger partial charge in [-0.2, -0.15) is 0 Å². The number of esters is 1. The van der Waals surface area contributed by atoms with Crippen LogP contribution in [0.15, 0.2) is 15.6 Å². The Bertz CT molecular complexity index is 593. The van der Waals surface area contributed by atoms with Crippen molar-refractivity contribution in [1.82, 2.24) is 10.0 Å². The summed E-state index contributed by atoms with van der Waals surface area (Å²) in [5, 5.41) is 2.86. The van der Waals surface area contributed by atoms with E-state index in [0.29, 0.717) is 6.54 Å². The van der Waals surface area contributed by atoms with Crippen LogP contribution in [-0.2, 0) is 14.8 Å². The summed E-state index contributed by atoms with van der Waals surface area (Å²) in [6, 6.07) is 1.03. The lowest BCUT2D eigenvalue weighted by molar-refractivity contribution is 0.0599. The number of carbonyl (C=O) groups excluding carboxylic acids is 1. The van der Waals surface area contributed by atoms with Crippen LogP contribution in [0.5, 0.6) is 0 Å². The van der Waals surface area contributed by atoms with E-state index in [-0.39, 0.29) is 34.9 Å². The van der Waals surface area contributed by atoms with Crippen molar-refractivity contribution in [3.05, 3.63) is 17.4 Å². The fourth-order valence-electron chi connectivity index (χ4n) is 2.13. The number of aryl methyl sites for hydroxylation is 1. The molecule has 1 fully saturated rings. The third kappa shape index (κ3) is 4.19. The molecule has 0 amide bonds. The largest absolute Gasteiger partial charge is 0.465 e. The highest BCUT2D eigenvalue weighted by molar-refractivity contribution is 7.89. The maximum absolute atomic E-state index is 12.2. The molecule has 7 nitrogen and oxygen atoms in total. The summed E-state index contributed by atoms with van der Waals surface area (Å²) in [5.74, 6) is -0.397. The molecule has 0 spiro atoms. The number of nitrogens with one attached hydrogen (secondary N) is 2. The lowest BCUT2D eigenvalue weighted by Crippen LogP contribution is -2.45. The molecule has 21 heavy (non-hydrogen) atoms. The lowest BCUT2D eigenvalue weighted by atomic mass is 10.1. The zero-order chi connectivity index (χ0) is 14.8. The standard InChI is InChI=1S/C12H18N2O5S.ClH/c1-8-10(12(15)18-2)6-11(19-8)20(16,17)14-9-4-3-5-13-7-9;/h6,9,13-14H,3-5,7H2,1-2H3;1H. The molecular weight excluding hydrogens is 320 g/mol. The van der Waals surface area contributed by atoms with Gasteiger partial charge in [-0.15, -0.1) is 12.4 Å². The zero-order valence-corrected chi connectivity index (χ0v) is 13.5. The fourth-order valence-corrected chi connectivity index (χ4v) is 3.39. The third-order valence-electron chi connectivity index (χ3n) is 3.18. The number of ether oxygens (including phenoxy) is 1. The molecule has 1 aromatic heterocycles. The predicted octanol–water partition coefficient (Wildman–Crippen LogP) is 0.827. The van der Waals surface area contributed by atoms with Gasteiger partial charge in [-0.05, 0) is 26.3 Å². The summed E-state index contributed by atoms with van der Waals surface area (Å²) in [4.78, 5) is 11.5. The number of furan rings is 1. The van der Waals surface area contributed by atoms with Crippen molar-refractivity contribution >= 4 is 28.4 Å². The Morgan fingerprint density at radius 1 is 1.52 bits per heavy atom. The van der Waals surface area contributed by atoms with Gasteiger partial charge in [0, 0.05) is 18.7 Å². The number of piperidine rings is 1. The molecule has 2 heterocycles. The first kappa shape index (κ1) is 18.0. The number of methoxy groups -OCH3 is 1. The van der Waals surface area contributed by atoms with Crippen LogP contribution in [0.25, 0.3) is 0 Å². The van der Waals surface area contributed by atoms with E-state index in [1.807, 2.05) is 0 Å². The van der Waals surface area contributed by atoms with Gasteiger partial charge in [-0.3, -0.25) is 0 Å². The first-order valence-electron chi connectivity index (χ1n) is 6.36. The van der Waals surface area contributed by atoms with E-state index in [4.69, 9.17) is 4.42 Å². The van der Waals surface area contributed by atoms with Gasteiger partial charge in [0.2, 0.25) is 5.09 Å². The number of sulfonamides is 1. The van der Waals surface area contributed by atoms with E-state index in [2.05, 4.69) is 14.8 Å². The molecule has 0 bridgehead atoms. The molecule has 0 aromatic carbocycles. The van der Waals surface area contributed by atoms with E-state index < -0.39 is 16.0 Å². The molecule has 1 aliphatic heterocycles. The van der Waals surface area contributed by atoms with Crippen molar-refractivity contribution in [3.8, 4) is 0 Å². The van der Waals surface area contributed by atoms with Crippen LogP contribution >= 0.6 is 12.4 Å². The summed E-state index contributed by atoms with van der Waals surface area (Å²) in [7, 11) is -2.54. The van der Waals surface area contributed by atoms with Crippen molar-refractivity contribution in [2.75, 3.05) is 20.2 Å². The molecule has 9 heteroatoms. The highest BCUT2D eigenvalue weighted by Gasteiger charge is 2.27. The fraction of sp³-hybridized carbons (Fsp3) is 0.583. The molecule has 1 unspecified atom stereocenters. The van der Waals surface area contributed by atoms with E-state index in [9.17, 15) is 13.2 Å². The van der Waals surface area contributed by atoms with Crippen LogP contribution in [0.1, 0.15) is 29.0 Å². The van der Waals surface area contributed by atoms with Crippen molar-refractivity contribution < 1.29 is 22.4 Å². The van der Waals surface area contributed by atoms with Crippen LogP contribution in [0.2, 0.25) is 0 Å². The SMILES string of the molecule is COC(=O)c1cc(S(=O)(=O)NC2CCCNC2)oc1C.Cl. The zero-order valence-electron chi connectivity index (χ0n) is 11.8. The van der Waals surface area contributed by atoms with Crippen LogP contribution in [-0.4, -0.2) is 40.6 Å². The molecule has 1 aliphatic rings. The predicted molar refractivity (Wildman–Crippen MR) is 78.2 cm³/mol. The average molecular weight is 339 g/mol. The highest BCUT2D eigenvalue weighted by atomic mass is 35.5. The van der Waals surface area contributed by atoms with E-state index >= 15 is 0 Å². The third-order valence-corrected chi connectivity index (χ3v) is 4.56. The minimum absolute atomic E-state index is 0. The molecule has 0 radical (unpaired) electrons. The van der Waals surface area contributed by atoms with Gasteiger partial charge in [0.15, 0.2) is 0 Å². The van der Waals surface area contributed by atoms with Crippen molar-refractivity contribution in [1.29, 1.82) is 0 Å². The Balaban J connectivity index is 0.00000220. The maximum Gasteiger partial charge on any atom is 0.341 e. The van der Waals surface area contributed by atoms with E-state index in [1.165, 1.54) is 20.1 Å². The molecule has 1 saturated heterocycles.